The summed E-state index contributed by atoms with van der Waals surface area (Å²) in [7, 11) is 0. The number of hydrogen-bond donors (Lipinski definition) is 2. The third-order valence-electron chi connectivity index (χ3n) is 5.23. The second kappa shape index (κ2) is 9.36. The van der Waals surface area contributed by atoms with Crippen LogP contribution in [-0.2, 0) is 13.0 Å². The highest BCUT2D eigenvalue weighted by Crippen LogP contribution is 2.38. The van der Waals surface area contributed by atoms with Crippen LogP contribution in [0.4, 0.5) is 5.00 Å². The lowest BCUT2D eigenvalue weighted by Gasteiger charge is -2.27. The second-order valence-electron chi connectivity index (χ2n) is 7.15. The molecule has 2 amide bonds. The summed E-state index contributed by atoms with van der Waals surface area (Å²) >= 11 is 8.59. The number of carboxylic acid groups (broad SMARTS) is 1. The number of aromatic carboxylic acids is 1. The van der Waals surface area contributed by atoms with Gasteiger partial charge in [0.25, 0.3) is 11.8 Å². The average Bonchev–Trinajstić information content (AvgIpc) is 3.16. The molecular weight excluding hydrogens is 468 g/mol. The van der Waals surface area contributed by atoms with Crippen LogP contribution in [0.15, 0.2) is 53.4 Å². The van der Waals surface area contributed by atoms with Gasteiger partial charge in [-0.1, -0.05) is 23.7 Å². The Hall–Kier alpha value is -2.81. The Morgan fingerprint density at radius 3 is 2.53 bits per heavy atom. The van der Waals surface area contributed by atoms with Gasteiger partial charge in [-0.3, -0.25) is 9.59 Å². The molecule has 2 N–H and O–H groups in total. The maximum absolute atomic E-state index is 13.1. The van der Waals surface area contributed by atoms with Crippen molar-refractivity contribution in [1.82, 2.24) is 4.90 Å². The fourth-order valence-corrected chi connectivity index (χ4v) is 5.63. The molecule has 0 unspecified atom stereocenters. The molecule has 9 heteroatoms. The van der Waals surface area contributed by atoms with Gasteiger partial charge < -0.3 is 15.3 Å². The highest BCUT2D eigenvalue weighted by molar-refractivity contribution is 7.98. The van der Waals surface area contributed by atoms with Crippen LogP contribution < -0.4 is 5.32 Å². The smallest absolute Gasteiger partial charge is 0.339 e. The van der Waals surface area contributed by atoms with Crippen LogP contribution in [0.5, 0.6) is 0 Å². The minimum absolute atomic E-state index is 0.0855. The predicted molar refractivity (Wildman–Crippen MR) is 127 cm³/mol. The van der Waals surface area contributed by atoms with Crippen LogP contribution in [-0.4, -0.2) is 40.6 Å². The number of carbonyl (C=O) groups is 3. The van der Waals surface area contributed by atoms with Gasteiger partial charge in [0.15, 0.2) is 0 Å². The normalized spacial score (nSPS) is 12.9. The van der Waals surface area contributed by atoms with Gasteiger partial charge in [-0.2, -0.15) is 0 Å². The Morgan fingerprint density at radius 1 is 1.12 bits per heavy atom. The van der Waals surface area contributed by atoms with E-state index in [9.17, 15) is 19.5 Å². The Labute approximate surface area is 198 Å². The van der Waals surface area contributed by atoms with E-state index in [1.165, 1.54) is 23.1 Å². The fraction of sp³-hybridized carbons (Fsp3) is 0.174. The largest absolute Gasteiger partial charge is 0.478 e. The number of benzene rings is 2. The first-order valence-corrected chi connectivity index (χ1v) is 12.2. The van der Waals surface area contributed by atoms with Crippen molar-refractivity contribution < 1.29 is 19.5 Å². The monoisotopic (exact) mass is 486 g/mol. The standard InChI is InChI=1S/C23H19ClN2O4S2/c1-31-17-5-3-2-4-16(17)22(28)26-11-10-15-18(12-26)32-21(19(15)23(29)30)25-20(27)13-6-8-14(24)9-7-13/h2-9H,10-12H2,1H3,(H,25,27)(H,29,30). The van der Waals surface area contributed by atoms with E-state index in [1.807, 2.05) is 24.5 Å². The first kappa shape index (κ1) is 22.4. The molecule has 0 saturated carbocycles. The van der Waals surface area contributed by atoms with Crippen molar-refractivity contribution >= 4 is 57.5 Å². The molecule has 0 spiro atoms. The van der Waals surface area contributed by atoms with E-state index in [0.29, 0.717) is 41.2 Å². The molecule has 1 aromatic heterocycles. The molecule has 2 heterocycles. The summed E-state index contributed by atoms with van der Waals surface area (Å²) in [5.74, 6) is -1.59. The third kappa shape index (κ3) is 4.39. The molecule has 0 saturated heterocycles. The van der Waals surface area contributed by atoms with Gasteiger partial charge in [0.1, 0.15) is 5.00 Å². The number of hydrogen-bond acceptors (Lipinski definition) is 5. The highest BCUT2D eigenvalue weighted by atomic mass is 35.5. The highest BCUT2D eigenvalue weighted by Gasteiger charge is 2.31. The lowest BCUT2D eigenvalue weighted by atomic mass is 10.0. The molecule has 164 valence electrons. The molecule has 32 heavy (non-hydrogen) atoms. The van der Waals surface area contributed by atoms with E-state index in [4.69, 9.17) is 11.6 Å². The van der Waals surface area contributed by atoms with Gasteiger partial charge in [0, 0.05) is 26.9 Å². The van der Waals surface area contributed by atoms with E-state index in [2.05, 4.69) is 5.32 Å². The summed E-state index contributed by atoms with van der Waals surface area (Å²) in [5, 5.41) is 13.3. The first-order chi connectivity index (χ1) is 15.4. The van der Waals surface area contributed by atoms with Crippen molar-refractivity contribution in [2.45, 2.75) is 17.9 Å². The molecule has 6 nitrogen and oxygen atoms in total. The van der Waals surface area contributed by atoms with Crippen molar-refractivity contribution in [2.75, 3.05) is 18.1 Å². The minimum atomic E-state index is -1.10. The van der Waals surface area contributed by atoms with Crippen LogP contribution in [0.1, 0.15) is 41.5 Å². The summed E-state index contributed by atoms with van der Waals surface area (Å²) in [6.07, 6.45) is 2.34. The van der Waals surface area contributed by atoms with Gasteiger partial charge in [0.2, 0.25) is 0 Å². The number of fused-ring (bicyclic) bond motifs is 1. The number of amides is 2. The van der Waals surface area contributed by atoms with Crippen molar-refractivity contribution in [3.63, 3.8) is 0 Å². The number of rotatable bonds is 5. The van der Waals surface area contributed by atoms with E-state index >= 15 is 0 Å². The number of carboxylic acids is 1. The molecule has 0 fully saturated rings. The second-order valence-corrected chi connectivity index (χ2v) is 9.54. The van der Waals surface area contributed by atoms with Crippen LogP contribution in [0.3, 0.4) is 0 Å². The third-order valence-corrected chi connectivity index (χ3v) is 7.41. The van der Waals surface area contributed by atoms with Gasteiger partial charge in [-0.05, 0) is 54.6 Å². The number of nitrogens with zero attached hydrogens (tertiary/aromatic N) is 1. The lowest BCUT2D eigenvalue weighted by molar-refractivity contribution is 0.0696. The van der Waals surface area contributed by atoms with Crippen LogP contribution in [0.25, 0.3) is 0 Å². The van der Waals surface area contributed by atoms with Crippen molar-refractivity contribution in [2.24, 2.45) is 0 Å². The van der Waals surface area contributed by atoms with Crippen LogP contribution in [0, 0.1) is 0 Å². The summed E-state index contributed by atoms with van der Waals surface area (Å²) < 4.78 is 0. The van der Waals surface area contributed by atoms with E-state index < -0.39 is 11.9 Å². The van der Waals surface area contributed by atoms with E-state index in [0.717, 1.165) is 9.77 Å². The van der Waals surface area contributed by atoms with Crippen LogP contribution in [0.2, 0.25) is 5.02 Å². The van der Waals surface area contributed by atoms with E-state index in [-0.39, 0.29) is 16.5 Å². The Balaban J connectivity index is 1.60. The summed E-state index contributed by atoms with van der Waals surface area (Å²) in [6.45, 7) is 0.717. The molecule has 0 radical (unpaired) electrons. The van der Waals surface area contributed by atoms with Gasteiger partial charge >= 0.3 is 5.97 Å². The topological polar surface area (TPSA) is 86.7 Å². The van der Waals surface area contributed by atoms with E-state index in [1.54, 1.807) is 35.2 Å². The zero-order valence-corrected chi connectivity index (χ0v) is 19.4. The zero-order chi connectivity index (χ0) is 22.8. The molecule has 2 aromatic carbocycles. The van der Waals surface area contributed by atoms with Gasteiger partial charge in [-0.25, -0.2) is 4.79 Å². The predicted octanol–water partition coefficient (Wildman–Crippen LogP) is 5.27. The molecule has 1 aliphatic heterocycles. The fourth-order valence-electron chi connectivity index (χ4n) is 3.66. The molecule has 0 bridgehead atoms. The number of thiophene rings is 1. The summed E-state index contributed by atoms with van der Waals surface area (Å²) in [6, 6.07) is 13.8. The van der Waals surface area contributed by atoms with Crippen molar-refractivity contribution in [3.05, 3.63) is 80.7 Å². The Morgan fingerprint density at radius 2 is 1.84 bits per heavy atom. The van der Waals surface area contributed by atoms with Crippen molar-refractivity contribution in [3.8, 4) is 0 Å². The quantitative estimate of drug-likeness (QED) is 0.479. The maximum Gasteiger partial charge on any atom is 0.339 e. The minimum Gasteiger partial charge on any atom is -0.478 e. The number of halogens is 1. The summed E-state index contributed by atoms with van der Waals surface area (Å²) in [4.78, 5) is 41.2. The maximum atomic E-state index is 13.1. The number of thioether (sulfide) groups is 1. The molecule has 0 atom stereocenters. The zero-order valence-electron chi connectivity index (χ0n) is 17.1. The average molecular weight is 487 g/mol. The molecule has 4 rings (SSSR count). The lowest BCUT2D eigenvalue weighted by Crippen LogP contribution is -2.36. The number of nitrogens with one attached hydrogen (secondary N) is 1. The Bertz CT molecular complexity index is 1210. The molecular formula is C23H19ClN2O4S2. The van der Waals surface area contributed by atoms with Gasteiger partial charge in [-0.15, -0.1) is 23.1 Å². The SMILES string of the molecule is CSc1ccccc1C(=O)N1CCc2c(sc(NC(=O)c3ccc(Cl)cc3)c2C(=O)O)C1. The number of anilines is 1. The molecule has 0 aliphatic carbocycles. The summed E-state index contributed by atoms with van der Waals surface area (Å²) in [5.41, 5.74) is 1.79. The molecule has 3 aromatic rings. The molecule has 1 aliphatic rings. The Kier molecular flexibility index (Phi) is 6.55. The van der Waals surface area contributed by atoms with Gasteiger partial charge in [0.05, 0.1) is 17.7 Å². The van der Waals surface area contributed by atoms with Crippen LogP contribution >= 0.6 is 34.7 Å². The number of carbonyl (C=O) groups excluding carboxylic acids is 2. The van der Waals surface area contributed by atoms with Crippen molar-refractivity contribution in [1.29, 1.82) is 0 Å². The first-order valence-electron chi connectivity index (χ1n) is 9.76.